The van der Waals surface area contributed by atoms with E-state index in [9.17, 15) is 4.79 Å². The molecule has 1 atom stereocenters. The highest BCUT2D eigenvalue weighted by Crippen LogP contribution is 2.31. The molecule has 19 heavy (non-hydrogen) atoms. The average Bonchev–Trinajstić information content (AvgIpc) is 2.87. The summed E-state index contributed by atoms with van der Waals surface area (Å²) in [7, 11) is 0. The van der Waals surface area contributed by atoms with E-state index < -0.39 is 0 Å². The Morgan fingerprint density at radius 2 is 2.26 bits per heavy atom. The second-order valence-electron chi connectivity index (χ2n) is 6.30. The molecule has 1 aliphatic rings. The Morgan fingerprint density at radius 1 is 1.47 bits per heavy atom. The lowest BCUT2D eigenvalue weighted by Crippen LogP contribution is -2.45. The van der Waals surface area contributed by atoms with E-state index in [0.29, 0.717) is 12.3 Å². The van der Waals surface area contributed by atoms with Crippen LogP contribution in [0.25, 0.3) is 0 Å². The molecule has 1 fully saturated rings. The van der Waals surface area contributed by atoms with E-state index in [2.05, 4.69) is 49.0 Å². The Kier molecular flexibility index (Phi) is 4.33. The molecule has 0 spiro atoms. The molecule has 106 valence electrons. The molecule has 0 saturated carbocycles. The molecule has 1 aromatic rings. The van der Waals surface area contributed by atoms with E-state index in [1.807, 2.05) is 0 Å². The molecular weight excluding hydrogens is 236 g/mol. The van der Waals surface area contributed by atoms with Gasteiger partial charge in [0.05, 0.1) is 0 Å². The highest BCUT2D eigenvalue weighted by atomic mass is 16.2. The van der Waals surface area contributed by atoms with Crippen LogP contribution in [-0.4, -0.2) is 16.0 Å². The first kappa shape index (κ1) is 14.2. The van der Waals surface area contributed by atoms with E-state index in [-0.39, 0.29) is 11.4 Å². The normalized spacial score (nSPS) is 23.1. The van der Waals surface area contributed by atoms with Crippen molar-refractivity contribution in [3.05, 3.63) is 24.0 Å². The molecule has 0 bridgehead atoms. The molecule has 1 N–H and O–H groups in total. The third kappa shape index (κ3) is 3.40. The standard InChI is InChI=1S/C16H26N2O/c1-4-9-18-10-5-6-14(18)12-16(11-13(2)3)8-7-15(19)17-16/h5-6,10,13H,4,7-9,11-12H2,1-3H3,(H,17,19). The third-order valence-corrected chi connectivity index (χ3v) is 3.94. The van der Waals surface area contributed by atoms with Crippen molar-refractivity contribution >= 4 is 5.91 Å². The number of rotatable bonds is 6. The van der Waals surface area contributed by atoms with Crippen LogP contribution in [0.15, 0.2) is 18.3 Å². The second kappa shape index (κ2) is 5.81. The molecule has 1 saturated heterocycles. The quantitative estimate of drug-likeness (QED) is 0.839. The van der Waals surface area contributed by atoms with Crippen molar-refractivity contribution in [2.75, 3.05) is 0 Å². The van der Waals surface area contributed by atoms with Crippen LogP contribution in [0.2, 0.25) is 0 Å². The summed E-state index contributed by atoms with van der Waals surface area (Å²) in [5.74, 6) is 0.822. The zero-order valence-corrected chi connectivity index (χ0v) is 12.4. The van der Waals surface area contributed by atoms with Crippen molar-refractivity contribution in [2.24, 2.45) is 5.92 Å². The Labute approximate surface area is 116 Å². The number of aryl methyl sites for hydroxylation is 1. The zero-order valence-electron chi connectivity index (χ0n) is 12.4. The monoisotopic (exact) mass is 262 g/mol. The maximum atomic E-state index is 11.7. The lowest BCUT2D eigenvalue weighted by molar-refractivity contribution is -0.119. The number of nitrogens with one attached hydrogen (secondary N) is 1. The van der Waals surface area contributed by atoms with Gasteiger partial charge < -0.3 is 9.88 Å². The van der Waals surface area contributed by atoms with Gasteiger partial charge in [0.2, 0.25) is 5.91 Å². The van der Waals surface area contributed by atoms with Crippen LogP contribution >= 0.6 is 0 Å². The van der Waals surface area contributed by atoms with Gasteiger partial charge in [-0.05, 0) is 37.3 Å². The molecule has 2 rings (SSSR count). The van der Waals surface area contributed by atoms with Crippen LogP contribution in [0.1, 0.15) is 52.1 Å². The molecule has 0 aromatic carbocycles. The average molecular weight is 262 g/mol. The summed E-state index contributed by atoms with van der Waals surface area (Å²) in [6, 6.07) is 4.31. The fourth-order valence-corrected chi connectivity index (χ4v) is 3.33. The number of amides is 1. The Balaban J connectivity index is 2.16. The number of aromatic nitrogens is 1. The molecule has 1 aliphatic heterocycles. The van der Waals surface area contributed by atoms with Gasteiger partial charge in [0, 0.05) is 36.8 Å². The van der Waals surface area contributed by atoms with Gasteiger partial charge in [-0.2, -0.15) is 0 Å². The van der Waals surface area contributed by atoms with Crippen molar-refractivity contribution in [2.45, 2.75) is 65.0 Å². The highest BCUT2D eigenvalue weighted by Gasteiger charge is 2.38. The van der Waals surface area contributed by atoms with Gasteiger partial charge in [-0.15, -0.1) is 0 Å². The Morgan fingerprint density at radius 3 is 2.84 bits per heavy atom. The van der Waals surface area contributed by atoms with Gasteiger partial charge in [0.15, 0.2) is 0 Å². The SMILES string of the molecule is CCCn1cccc1CC1(CC(C)C)CCC(=O)N1. The predicted octanol–water partition coefficient (Wildman–Crippen LogP) is 3.14. The van der Waals surface area contributed by atoms with Crippen LogP contribution in [0.3, 0.4) is 0 Å². The molecule has 1 unspecified atom stereocenters. The van der Waals surface area contributed by atoms with Crippen LogP contribution in [0.5, 0.6) is 0 Å². The van der Waals surface area contributed by atoms with Crippen molar-refractivity contribution in [3.63, 3.8) is 0 Å². The van der Waals surface area contributed by atoms with Crippen molar-refractivity contribution in [1.82, 2.24) is 9.88 Å². The largest absolute Gasteiger partial charge is 0.351 e. The first-order chi connectivity index (χ1) is 9.04. The first-order valence-corrected chi connectivity index (χ1v) is 7.50. The number of hydrogen-bond donors (Lipinski definition) is 1. The van der Waals surface area contributed by atoms with Crippen LogP contribution < -0.4 is 5.32 Å². The molecule has 1 amide bonds. The van der Waals surface area contributed by atoms with Crippen molar-refractivity contribution in [1.29, 1.82) is 0 Å². The smallest absolute Gasteiger partial charge is 0.220 e. The summed E-state index contributed by atoms with van der Waals surface area (Å²) < 4.78 is 2.33. The Bertz CT molecular complexity index is 436. The number of hydrogen-bond acceptors (Lipinski definition) is 1. The van der Waals surface area contributed by atoms with Gasteiger partial charge >= 0.3 is 0 Å². The molecule has 0 aliphatic carbocycles. The first-order valence-electron chi connectivity index (χ1n) is 7.50. The van der Waals surface area contributed by atoms with E-state index in [4.69, 9.17) is 0 Å². The third-order valence-electron chi connectivity index (χ3n) is 3.94. The summed E-state index contributed by atoms with van der Waals surface area (Å²) in [4.78, 5) is 11.7. The van der Waals surface area contributed by atoms with Gasteiger partial charge in [-0.1, -0.05) is 20.8 Å². The zero-order chi connectivity index (χ0) is 13.9. The minimum absolute atomic E-state index is 0.0188. The van der Waals surface area contributed by atoms with E-state index in [0.717, 1.165) is 32.2 Å². The molecule has 3 heteroatoms. The predicted molar refractivity (Wildman–Crippen MR) is 78.0 cm³/mol. The molecule has 0 radical (unpaired) electrons. The maximum absolute atomic E-state index is 11.7. The molecule has 2 heterocycles. The number of carbonyl (C=O) groups is 1. The summed E-state index contributed by atoms with van der Waals surface area (Å²) in [6.45, 7) is 7.73. The lowest BCUT2D eigenvalue weighted by atomic mass is 9.83. The highest BCUT2D eigenvalue weighted by molar-refractivity contribution is 5.79. The minimum atomic E-state index is -0.0188. The molecular formula is C16H26N2O. The topological polar surface area (TPSA) is 34.0 Å². The minimum Gasteiger partial charge on any atom is -0.351 e. The van der Waals surface area contributed by atoms with Gasteiger partial charge in [-0.25, -0.2) is 0 Å². The molecule has 3 nitrogen and oxygen atoms in total. The second-order valence-corrected chi connectivity index (χ2v) is 6.30. The molecule has 1 aromatic heterocycles. The van der Waals surface area contributed by atoms with Crippen LogP contribution in [0.4, 0.5) is 0 Å². The van der Waals surface area contributed by atoms with Crippen molar-refractivity contribution in [3.8, 4) is 0 Å². The van der Waals surface area contributed by atoms with E-state index in [1.165, 1.54) is 5.69 Å². The Hall–Kier alpha value is -1.25. The summed E-state index contributed by atoms with van der Waals surface area (Å²) >= 11 is 0. The van der Waals surface area contributed by atoms with Crippen LogP contribution in [-0.2, 0) is 17.8 Å². The fraction of sp³-hybridized carbons (Fsp3) is 0.688. The fourth-order valence-electron chi connectivity index (χ4n) is 3.33. The van der Waals surface area contributed by atoms with Crippen molar-refractivity contribution < 1.29 is 4.79 Å². The summed E-state index contributed by atoms with van der Waals surface area (Å²) in [5.41, 5.74) is 1.33. The van der Waals surface area contributed by atoms with E-state index in [1.54, 1.807) is 0 Å². The summed E-state index contributed by atoms with van der Waals surface area (Å²) in [6.07, 6.45) is 6.98. The van der Waals surface area contributed by atoms with Crippen LogP contribution in [0, 0.1) is 5.92 Å². The number of nitrogens with zero attached hydrogens (tertiary/aromatic N) is 1. The van der Waals surface area contributed by atoms with Gasteiger partial charge in [-0.3, -0.25) is 4.79 Å². The van der Waals surface area contributed by atoms with Gasteiger partial charge in [0.25, 0.3) is 0 Å². The lowest BCUT2D eigenvalue weighted by Gasteiger charge is -2.31. The van der Waals surface area contributed by atoms with E-state index >= 15 is 0 Å². The van der Waals surface area contributed by atoms with Gasteiger partial charge in [0.1, 0.15) is 0 Å². The summed E-state index contributed by atoms with van der Waals surface area (Å²) in [5, 5.41) is 3.25. The number of carbonyl (C=O) groups excluding carboxylic acids is 1. The maximum Gasteiger partial charge on any atom is 0.220 e.